The number of nitrogens with zero attached hydrogens (tertiary/aromatic N) is 4. The second-order valence-corrected chi connectivity index (χ2v) is 11.5. The molecule has 0 amide bonds. The van der Waals surface area contributed by atoms with E-state index in [1.807, 2.05) is 67.1 Å². The summed E-state index contributed by atoms with van der Waals surface area (Å²) in [5.41, 5.74) is 14.2. The summed E-state index contributed by atoms with van der Waals surface area (Å²) in [6.07, 6.45) is 11.1. The molecule has 0 aliphatic carbocycles. The van der Waals surface area contributed by atoms with Gasteiger partial charge in [0, 0.05) is 59.6 Å². The zero-order valence-electron chi connectivity index (χ0n) is 26.9. The molecule has 4 nitrogen and oxygen atoms in total. The molecule has 0 radical (unpaired) electrons. The summed E-state index contributed by atoms with van der Waals surface area (Å²) in [4.78, 5) is 18.1. The Morgan fingerprint density at radius 1 is 0.447 bits per heavy atom. The molecule has 0 saturated carbocycles. The molecule has 0 aliphatic rings. The molecule has 228 valence electrons. The number of hydrogen-bond donors (Lipinski definition) is 0. The molecule has 3 heterocycles. The van der Waals surface area contributed by atoms with Crippen molar-refractivity contribution in [3.63, 3.8) is 0 Å². The Bertz CT molecular complexity index is 2030. The largest absolute Gasteiger partial charge is 0.264 e. The summed E-state index contributed by atoms with van der Waals surface area (Å²) in [5, 5.41) is 0. The van der Waals surface area contributed by atoms with Crippen molar-refractivity contribution in [2.75, 3.05) is 0 Å². The van der Waals surface area contributed by atoms with Gasteiger partial charge in [-0.2, -0.15) is 0 Å². The highest BCUT2D eigenvalue weighted by Gasteiger charge is 2.12. The first-order chi connectivity index (χ1) is 23.0. The molecule has 4 aromatic carbocycles. The second-order valence-electron chi connectivity index (χ2n) is 11.5. The number of para-hydroxylation sites is 1. The number of rotatable bonds is 6. The van der Waals surface area contributed by atoms with E-state index in [9.17, 15) is 0 Å². The van der Waals surface area contributed by atoms with Gasteiger partial charge in [-0.05, 0) is 120 Å². The van der Waals surface area contributed by atoms with Crippen molar-refractivity contribution in [2.45, 2.75) is 20.8 Å². The lowest BCUT2D eigenvalue weighted by Gasteiger charge is -2.14. The smallest absolute Gasteiger partial charge is 0.0662 e. The Kier molecular flexibility index (Phi) is 9.80. The highest BCUT2D eigenvalue weighted by Crippen LogP contribution is 2.35. The number of benzene rings is 4. The van der Waals surface area contributed by atoms with E-state index in [1.54, 1.807) is 18.6 Å². The van der Waals surface area contributed by atoms with Crippen molar-refractivity contribution in [1.29, 1.82) is 0 Å². The van der Waals surface area contributed by atoms with Gasteiger partial charge in [0.25, 0.3) is 0 Å². The van der Waals surface area contributed by atoms with Gasteiger partial charge >= 0.3 is 0 Å². The predicted octanol–water partition coefficient (Wildman–Crippen LogP) is 11.0. The second kappa shape index (κ2) is 14.9. The van der Waals surface area contributed by atoms with Crippen LogP contribution >= 0.6 is 0 Å². The van der Waals surface area contributed by atoms with E-state index in [4.69, 9.17) is 4.99 Å². The van der Waals surface area contributed by atoms with Crippen LogP contribution in [0.4, 0.5) is 5.69 Å². The molecule has 0 atom stereocenters. The standard InChI is InChI=1S/C36H28N4.C7H8/c1-25-8-3-4-12-36(25)40-26(2)30-16-31(27-9-5-13-37-22-27)19-34(17-30)35-20-32(28-10-6-14-38-23-28)18-33(21-35)29-11-7-15-39-24-29;1-7-5-3-2-4-6-7/h3-24H,1-2H3;2-6H,1H3. The molecule has 3 aromatic heterocycles. The average molecular weight is 609 g/mol. The summed E-state index contributed by atoms with van der Waals surface area (Å²) in [5.74, 6) is 0. The van der Waals surface area contributed by atoms with Gasteiger partial charge in [0.05, 0.1) is 5.69 Å². The molecule has 0 aliphatic heterocycles. The van der Waals surface area contributed by atoms with Crippen LogP contribution in [0.2, 0.25) is 0 Å². The molecule has 0 bridgehead atoms. The molecule has 0 unspecified atom stereocenters. The number of hydrogen-bond acceptors (Lipinski definition) is 4. The molecule has 4 heteroatoms. The lowest BCUT2D eigenvalue weighted by molar-refractivity contribution is 1.32. The fraction of sp³-hybridized carbons (Fsp3) is 0.0698. The monoisotopic (exact) mass is 608 g/mol. The molecule has 7 aromatic rings. The quantitative estimate of drug-likeness (QED) is 0.177. The Hall–Kier alpha value is -6.00. The maximum absolute atomic E-state index is 5.01. The highest BCUT2D eigenvalue weighted by molar-refractivity contribution is 6.02. The van der Waals surface area contributed by atoms with Crippen molar-refractivity contribution >= 4 is 11.4 Å². The fourth-order valence-electron chi connectivity index (χ4n) is 5.37. The Labute approximate surface area is 277 Å². The van der Waals surface area contributed by atoms with E-state index in [1.165, 1.54) is 5.56 Å². The van der Waals surface area contributed by atoms with Crippen LogP contribution < -0.4 is 0 Å². The Morgan fingerprint density at radius 2 is 0.872 bits per heavy atom. The van der Waals surface area contributed by atoms with Gasteiger partial charge in [0.1, 0.15) is 0 Å². The summed E-state index contributed by atoms with van der Waals surface area (Å²) in [7, 11) is 0. The molecular formula is C43H36N4. The summed E-state index contributed by atoms with van der Waals surface area (Å²) >= 11 is 0. The zero-order chi connectivity index (χ0) is 32.4. The van der Waals surface area contributed by atoms with Gasteiger partial charge in [0.2, 0.25) is 0 Å². The van der Waals surface area contributed by atoms with Crippen molar-refractivity contribution in [2.24, 2.45) is 4.99 Å². The van der Waals surface area contributed by atoms with Gasteiger partial charge in [-0.3, -0.25) is 19.9 Å². The summed E-state index contributed by atoms with van der Waals surface area (Å²) in [6.45, 7) is 6.25. The van der Waals surface area contributed by atoms with Crippen LogP contribution in [0.3, 0.4) is 0 Å². The predicted molar refractivity (Wildman–Crippen MR) is 196 cm³/mol. The van der Waals surface area contributed by atoms with Crippen LogP contribution in [0.5, 0.6) is 0 Å². The minimum absolute atomic E-state index is 0.956. The van der Waals surface area contributed by atoms with Gasteiger partial charge < -0.3 is 0 Å². The minimum Gasteiger partial charge on any atom is -0.264 e. The van der Waals surface area contributed by atoms with Crippen molar-refractivity contribution in [3.05, 3.63) is 181 Å². The zero-order valence-corrected chi connectivity index (χ0v) is 26.9. The van der Waals surface area contributed by atoms with E-state index in [-0.39, 0.29) is 0 Å². The Balaban J connectivity index is 0.000000491. The first-order valence-corrected chi connectivity index (χ1v) is 15.7. The molecular weight excluding hydrogens is 573 g/mol. The van der Waals surface area contributed by atoms with E-state index in [0.29, 0.717) is 0 Å². The molecule has 7 rings (SSSR count). The van der Waals surface area contributed by atoms with Crippen molar-refractivity contribution in [1.82, 2.24) is 15.0 Å². The van der Waals surface area contributed by atoms with Crippen LogP contribution in [-0.4, -0.2) is 20.7 Å². The third-order valence-electron chi connectivity index (χ3n) is 7.95. The molecule has 0 fully saturated rings. The maximum atomic E-state index is 5.01. The third-order valence-corrected chi connectivity index (χ3v) is 7.95. The van der Waals surface area contributed by atoms with E-state index in [0.717, 1.165) is 67.0 Å². The number of pyridine rings is 3. The van der Waals surface area contributed by atoms with Gasteiger partial charge in [-0.15, -0.1) is 0 Å². The van der Waals surface area contributed by atoms with E-state index in [2.05, 4.69) is 115 Å². The van der Waals surface area contributed by atoms with Crippen LogP contribution in [-0.2, 0) is 0 Å². The number of aryl methyl sites for hydroxylation is 2. The number of aliphatic imine (C=N–C) groups is 1. The fourth-order valence-corrected chi connectivity index (χ4v) is 5.37. The average Bonchev–Trinajstić information content (AvgIpc) is 3.14. The van der Waals surface area contributed by atoms with Crippen LogP contribution in [0, 0.1) is 13.8 Å². The highest BCUT2D eigenvalue weighted by atomic mass is 14.7. The first-order valence-electron chi connectivity index (χ1n) is 15.7. The molecule has 47 heavy (non-hydrogen) atoms. The van der Waals surface area contributed by atoms with E-state index < -0.39 is 0 Å². The Morgan fingerprint density at radius 3 is 1.30 bits per heavy atom. The van der Waals surface area contributed by atoms with Gasteiger partial charge in [-0.1, -0.05) is 72.3 Å². The van der Waals surface area contributed by atoms with Crippen molar-refractivity contribution < 1.29 is 0 Å². The molecule has 0 spiro atoms. The molecule has 0 saturated heterocycles. The minimum atomic E-state index is 0.956. The van der Waals surface area contributed by atoms with Crippen LogP contribution in [0.1, 0.15) is 23.6 Å². The lowest BCUT2D eigenvalue weighted by atomic mass is 9.91. The van der Waals surface area contributed by atoms with Crippen LogP contribution in [0.25, 0.3) is 44.5 Å². The van der Waals surface area contributed by atoms with Gasteiger partial charge in [-0.25, -0.2) is 0 Å². The molecule has 0 N–H and O–H groups in total. The van der Waals surface area contributed by atoms with Gasteiger partial charge in [0.15, 0.2) is 0 Å². The van der Waals surface area contributed by atoms with Crippen molar-refractivity contribution in [3.8, 4) is 44.5 Å². The summed E-state index contributed by atoms with van der Waals surface area (Å²) in [6, 6.07) is 44.0. The SMILES string of the molecule is CC(=Nc1ccccc1C)c1cc(-c2cccnc2)cc(-c2cc(-c3cccnc3)cc(-c3cccnc3)c2)c1.Cc1ccccc1. The number of aromatic nitrogens is 3. The third kappa shape index (κ3) is 7.99. The lowest BCUT2D eigenvalue weighted by Crippen LogP contribution is -1.97. The van der Waals surface area contributed by atoms with Crippen LogP contribution in [0.15, 0.2) is 170 Å². The van der Waals surface area contributed by atoms with E-state index >= 15 is 0 Å². The topological polar surface area (TPSA) is 51.0 Å². The maximum Gasteiger partial charge on any atom is 0.0662 e. The summed E-state index contributed by atoms with van der Waals surface area (Å²) < 4.78 is 0. The normalized spacial score (nSPS) is 11.0. The first kappa shape index (κ1) is 31.0.